The molecule has 1 aromatic rings. The molecule has 1 atom stereocenters. The number of hydrogen-bond donors (Lipinski definition) is 2. The van der Waals surface area contributed by atoms with Gasteiger partial charge in [-0.25, -0.2) is 4.39 Å². The Bertz CT molecular complexity index is 526. The van der Waals surface area contributed by atoms with Crippen LogP contribution in [0.25, 0.3) is 0 Å². The SMILES string of the molecule is CCCN(CC(=O)O)C(C)C(=O)Nc1cc(F)ccc1C.Cl. The summed E-state index contributed by atoms with van der Waals surface area (Å²) in [5.41, 5.74) is 1.15. The van der Waals surface area contributed by atoms with E-state index in [0.29, 0.717) is 12.2 Å². The lowest BCUT2D eigenvalue weighted by Gasteiger charge is -2.26. The van der Waals surface area contributed by atoms with Gasteiger partial charge in [0.1, 0.15) is 5.82 Å². The highest BCUT2D eigenvalue weighted by Crippen LogP contribution is 2.17. The number of aliphatic carboxylic acids is 1. The molecular formula is C15H22ClFN2O3. The maximum absolute atomic E-state index is 13.2. The Morgan fingerprint density at radius 1 is 1.41 bits per heavy atom. The summed E-state index contributed by atoms with van der Waals surface area (Å²) in [6, 6.07) is 3.55. The van der Waals surface area contributed by atoms with Crippen LogP contribution in [0.3, 0.4) is 0 Å². The van der Waals surface area contributed by atoms with Crippen LogP contribution in [0.4, 0.5) is 10.1 Å². The van der Waals surface area contributed by atoms with E-state index in [2.05, 4.69) is 5.32 Å². The minimum Gasteiger partial charge on any atom is -0.480 e. The van der Waals surface area contributed by atoms with E-state index < -0.39 is 17.8 Å². The molecule has 0 saturated carbocycles. The minimum absolute atomic E-state index is 0. The molecule has 1 aromatic carbocycles. The van der Waals surface area contributed by atoms with Crippen LogP contribution in [0.5, 0.6) is 0 Å². The Hall–Kier alpha value is -1.66. The van der Waals surface area contributed by atoms with Crippen molar-refractivity contribution < 1.29 is 19.1 Å². The van der Waals surface area contributed by atoms with Gasteiger partial charge in [-0.3, -0.25) is 14.5 Å². The van der Waals surface area contributed by atoms with Gasteiger partial charge in [-0.15, -0.1) is 12.4 Å². The summed E-state index contributed by atoms with van der Waals surface area (Å²) < 4.78 is 13.2. The number of nitrogens with zero attached hydrogens (tertiary/aromatic N) is 1. The number of nitrogens with one attached hydrogen (secondary N) is 1. The standard InChI is InChI=1S/C15H21FN2O3.ClH/c1-4-7-18(9-14(19)20)11(3)15(21)17-13-8-12(16)6-5-10(13)2;/h5-6,8,11H,4,7,9H2,1-3H3,(H,17,21)(H,19,20);1H. The highest BCUT2D eigenvalue weighted by atomic mass is 35.5. The van der Waals surface area contributed by atoms with Gasteiger partial charge in [-0.1, -0.05) is 13.0 Å². The third kappa shape index (κ3) is 5.99. The smallest absolute Gasteiger partial charge is 0.317 e. The van der Waals surface area contributed by atoms with Crippen molar-refractivity contribution in [3.05, 3.63) is 29.6 Å². The van der Waals surface area contributed by atoms with E-state index in [9.17, 15) is 14.0 Å². The van der Waals surface area contributed by atoms with Crippen molar-refractivity contribution in [2.24, 2.45) is 0 Å². The van der Waals surface area contributed by atoms with E-state index in [1.165, 1.54) is 12.1 Å². The van der Waals surface area contributed by atoms with Crippen molar-refractivity contribution in [2.75, 3.05) is 18.4 Å². The van der Waals surface area contributed by atoms with E-state index >= 15 is 0 Å². The van der Waals surface area contributed by atoms with Crippen molar-refractivity contribution in [1.29, 1.82) is 0 Å². The van der Waals surface area contributed by atoms with Crippen LogP contribution in [0, 0.1) is 12.7 Å². The van der Waals surface area contributed by atoms with E-state index in [0.717, 1.165) is 12.0 Å². The molecule has 0 aliphatic rings. The summed E-state index contributed by atoms with van der Waals surface area (Å²) >= 11 is 0. The van der Waals surface area contributed by atoms with Crippen molar-refractivity contribution in [2.45, 2.75) is 33.2 Å². The largest absolute Gasteiger partial charge is 0.480 e. The molecule has 0 aliphatic carbocycles. The van der Waals surface area contributed by atoms with E-state index in [4.69, 9.17) is 5.11 Å². The van der Waals surface area contributed by atoms with Crippen molar-refractivity contribution >= 4 is 30.0 Å². The molecule has 2 N–H and O–H groups in total. The zero-order valence-corrected chi connectivity index (χ0v) is 13.7. The second kappa shape index (κ2) is 9.38. The Kier molecular flexibility index (Phi) is 8.67. The van der Waals surface area contributed by atoms with Gasteiger partial charge < -0.3 is 10.4 Å². The number of halogens is 2. The highest BCUT2D eigenvalue weighted by Gasteiger charge is 2.23. The molecule has 1 amide bonds. The van der Waals surface area contributed by atoms with Crippen LogP contribution in [0.15, 0.2) is 18.2 Å². The Morgan fingerprint density at radius 2 is 2.05 bits per heavy atom. The van der Waals surface area contributed by atoms with Crippen LogP contribution in [0.1, 0.15) is 25.8 Å². The molecule has 0 saturated heterocycles. The molecule has 22 heavy (non-hydrogen) atoms. The monoisotopic (exact) mass is 332 g/mol. The molecule has 0 heterocycles. The number of amides is 1. The average molecular weight is 333 g/mol. The fourth-order valence-corrected chi connectivity index (χ4v) is 2.00. The van der Waals surface area contributed by atoms with Crippen LogP contribution < -0.4 is 5.32 Å². The zero-order valence-electron chi connectivity index (χ0n) is 12.9. The average Bonchev–Trinajstić information content (AvgIpc) is 2.41. The van der Waals surface area contributed by atoms with Crippen LogP contribution in [-0.2, 0) is 9.59 Å². The Balaban J connectivity index is 0.00000441. The van der Waals surface area contributed by atoms with E-state index in [-0.39, 0.29) is 24.9 Å². The minimum atomic E-state index is -0.981. The molecular weight excluding hydrogens is 311 g/mol. The predicted molar refractivity (Wildman–Crippen MR) is 86.0 cm³/mol. The van der Waals surface area contributed by atoms with Crippen molar-refractivity contribution in [1.82, 2.24) is 4.90 Å². The first kappa shape index (κ1) is 20.3. The number of carboxylic acid groups (broad SMARTS) is 1. The molecule has 1 unspecified atom stereocenters. The summed E-state index contributed by atoms with van der Waals surface area (Å²) in [7, 11) is 0. The second-order valence-electron chi connectivity index (χ2n) is 4.99. The topological polar surface area (TPSA) is 69.6 Å². The third-order valence-corrected chi connectivity index (χ3v) is 3.23. The van der Waals surface area contributed by atoms with Gasteiger partial charge in [0.2, 0.25) is 5.91 Å². The summed E-state index contributed by atoms with van der Waals surface area (Å²) in [5.74, 6) is -1.76. The number of carbonyl (C=O) groups excluding carboxylic acids is 1. The maximum Gasteiger partial charge on any atom is 0.317 e. The maximum atomic E-state index is 13.2. The number of rotatable bonds is 7. The molecule has 0 aliphatic heterocycles. The first-order valence-corrected chi connectivity index (χ1v) is 6.88. The molecule has 124 valence electrons. The lowest BCUT2D eigenvalue weighted by Crippen LogP contribution is -2.45. The molecule has 0 spiro atoms. The predicted octanol–water partition coefficient (Wildman–Crippen LogP) is 2.68. The summed E-state index contributed by atoms with van der Waals surface area (Å²) in [5, 5.41) is 11.5. The summed E-state index contributed by atoms with van der Waals surface area (Å²) in [6.45, 7) is 5.62. The molecule has 0 bridgehead atoms. The Labute approximate surface area is 135 Å². The third-order valence-electron chi connectivity index (χ3n) is 3.23. The number of carboxylic acids is 1. The molecule has 0 radical (unpaired) electrons. The number of aryl methyl sites for hydroxylation is 1. The molecule has 1 rings (SSSR count). The summed E-state index contributed by atoms with van der Waals surface area (Å²) in [6.07, 6.45) is 0.740. The van der Waals surface area contributed by atoms with Gasteiger partial charge in [0.05, 0.1) is 12.6 Å². The molecule has 5 nitrogen and oxygen atoms in total. The number of carbonyl (C=O) groups is 2. The quantitative estimate of drug-likeness (QED) is 0.805. The van der Waals surface area contributed by atoms with Gasteiger partial charge in [-0.2, -0.15) is 0 Å². The van der Waals surface area contributed by atoms with Crippen LogP contribution >= 0.6 is 12.4 Å². The van der Waals surface area contributed by atoms with E-state index in [1.807, 2.05) is 6.92 Å². The first-order valence-electron chi connectivity index (χ1n) is 6.88. The highest BCUT2D eigenvalue weighted by molar-refractivity contribution is 5.95. The number of hydrogen-bond acceptors (Lipinski definition) is 3. The van der Waals surface area contributed by atoms with Crippen LogP contribution in [-0.4, -0.2) is 41.0 Å². The lowest BCUT2D eigenvalue weighted by atomic mass is 10.1. The molecule has 0 aromatic heterocycles. The molecule has 0 fully saturated rings. The van der Waals surface area contributed by atoms with Crippen LogP contribution in [0.2, 0.25) is 0 Å². The second-order valence-corrected chi connectivity index (χ2v) is 4.99. The van der Waals surface area contributed by atoms with Crippen molar-refractivity contribution in [3.63, 3.8) is 0 Å². The molecule has 7 heteroatoms. The van der Waals surface area contributed by atoms with Crippen molar-refractivity contribution in [3.8, 4) is 0 Å². The number of anilines is 1. The van der Waals surface area contributed by atoms with Gasteiger partial charge in [0.25, 0.3) is 0 Å². The zero-order chi connectivity index (χ0) is 16.0. The summed E-state index contributed by atoms with van der Waals surface area (Å²) in [4.78, 5) is 24.6. The fourth-order valence-electron chi connectivity index (χ4n) is 2.00. The number of benzene rings is 1. The fraction of sp³-hybridized carbons (Fsp3) is 0.467. The van der Waals surface area contributed by atoms with Gasteiger partial charge >= 0.3 is 5.97 Å². The normalized spacial score (nSPS) is 11.7. The lowest BCUT2D eigenvalue weighted by molar-refractivity contribution is -0.139. The van der Waals surface area contributed by atoms with E-state index in [1.54, 1.807) is 24.8 Å². The van der Waals surface area contributed by atoms with Gasteiger partial charge in [-0.05, 0) is 44.5 Å². The van der Waals surface area contributed by atoms with Gasteiger partial charge in [0, 0.05) is 5.69 Å². The first-order chi connectivity index (χ1) is 9.85. The Morgan fingerprint density at radius 3 is 2.59 bits per heavy atom. The van der Waals surface area contributed by atoms with Gasteiger partial charge in [0.15, 0.2) is 0 Å².